The summed E-state index contributed by atoms with van der Waals surface area (Å²) >= 11 is 0. The average Bonchev–Trinajstić information content (AvgIpc) is 1.99. The Balaban J connectivity index is 3.25. The number of para-hydroxylation sites is 1. The van der Waals surface area contributed by atoms with Crippen LogP contribution in [-0.4, -0.2) is 23.1 Å². The Morgan fingerprint density at radius 3 is 2.13 bits per heavy atom. The average molecular weight is 250 g/mol. The number of nitrogens with two attached hydrogens (primary N) is 1. The Morgan fingerprint density at radius 2 is 1.67 bits per heavy atom. The third kappa shape index (κ3) is 3.18. The molecule has 0 aliphatic carbocycles. The molecule has 8 heteroatoms. The summed E-state index contributed by atoms with van der Waals surface area (Å²) in [5.74, 6) is 0. The van der Waals surface area contributed by atoms with Gasteiger partial charge >= 0.3 is 0 Å². The maximum absolute atomic E-state index is 11.5. The van der Waals surface area contributed by atoms with Crippen molar-refractivity contribution >= 4 is 25.7 Å². The Kier molecular flexibility index (Phi) is 3.03. The molecular weight excluding hydrogens is 240 g/mol. The smallest absolute Gasteiger partial charge is 0.255 e. The van der Waals surface area contributed by atoms with E-state index in [0.29, 0.717) is 0 Å². The van der Waals surface area contributed by atoms with Gasteiger partial charge in [-0.2, -0.15) is 0 Å². The van der Waals surface area contributed by atoms with Gasteiger partial charge in [0.15, 0.2) is 0 Å². The van der Waals surface area contributed by atoms with Crippen molar-refractivity contribution in [1.29, 1.82) is 0 Å². The first-order valence-corrected chi connectivity index (χ1v) is 7.18. The van der Waals surface area contributed by atoms with Gasteiger partial charge in [0.25, 0.3) is 10.0 Å². The van der Waals surface area contributed by atoms with Gasteiger partial charge in [-0.05, 0) is 12.1 Å². The van der Waals surface area contributed by atoms with Crippen LogP contribution in [0.25, 0.3) is 0 Å². The van der Waals surface area contributed by atoms with Gasteiger partial charge in [0.2, 0.25) is 10.0 Å². The summed E-state index contributed by atoms with van der Waals surface area (Å²) in [6.07, 6.45) is 0.754. The summed E-state index contributed by atoms with van der Waals surface area (Å²) in [5, 5.41) is 0. The number of rotatable bonds is 3. The Labute approximate surface area is 88.2 Å². The van der Waals surface area contributed by atoms with E-state index < -0.39 is 20.0 Å². The van der Waals surface area contributed by atoms with Crippen molar-refractivity contribution in [2.75, 3.05) is 12.0 Å². The monoisotopic (exact) mass is 250 g/mol. The number of sulfonamides is 2. The molecule has 0 heterocycles. The van der Waals surface area contributed by atoms with E-state index in [4.69, 9.17) is 5.73 Å². The highest BCUT2D eigenvalue weighted by molar-refractivity contribution is 8.04. The van der Waals surface area contributed by atoms with Gasteiger partial charge in [-0.3, -0.25) is 0 Å². The third-order valence-corrected chi connectivity index (χ3v) is 4.51. The highest BCUT2D eigenvalue weighted by Crippen LogP contribution is 2.16. The lowest BCUT2D eigenvalue weighted by Gasteiger charge is -2.06. The summed E-state index contributed by atoms with van der Waals surface area (Å²) < 4.78 is 46.1. The van der Waals surface area contributed by atoms with Gasteiger partial charge in [0.05, 0.1) is 11.9 Å². The Morgan fingerprint density at radius 1 is 1.13 bits per heavy atom. The molecule has 0 aliphatic rings. The van der Waals surface area contributed by atoms with Gasteiger partial charge in [0, 0.05) is 0 Å². The van der Waals surface area contributed by atoms with Gasteiger partial charge in [0.1, 0.15) is 4.90 Å². The summed E-state index contributed by atoms with van der Waals surface area (Å²) in [5.41, 5.74) is 5.41. The standard InChI is InChI=1S/C7H10N2O4S2/c1-14(10,11)9-15(12,13)7-5-3-2-4-6(7)8/h2-5,9H,8H2,1H3. The van der Waals surface area contributed by atoms with Gasteiger partial charge in [-0.25, -0.2) is 16.8 Å². The van der Waals surface area contributed by atoms with Crippen LogP contribution in [0.4, 0.5) is 5.69 Å². The van der Waals surface area contributed by atoms with E-state index in [-0.39, 0.29) is 10.6 Å². The molecule has 0 aliphatic heterocycles. The van der Waals surface area contributed by atoms with Crippen LogP contribution < -0.4 is 9.86 Å². The summed E-state index contributed by atoms with van der Waals surface area (Å²) in [7, 11) is -7.95. The lowest BCUT2D eigenvalue weighted by atomic mass is 10.3. The largest absolute Gasteiger partial charge is 0.398 e. The molecule has 0 spiro atoms. The second-order valence-corrected chi connectivity index (χ2v) is 6.55. The Bertz CT molecular complexity index is 562. The van der Waals surface area contributed by atoms with Crippen LogP contribution in [0.1, 0.15) is 0 Å². The highest BCUT2D eigenvalue weighted by atomic mass is 32.3. The number of hydrogen-bond acceptors (Lipinski definition) is 5. The molecule has 3 N–H and O–H groups in total. The summed E-state index contributed by atoms with van der Waals surface area (Å²) in [6.45, 7) is 0. The first-order chi connectivity index (χ1) is 6.72. The fourth-order valence-corrected chi connectivity index (χ4v) is 3.56. The minimum absolute atomic E-state index is 0.00588. The van der Waals surface area contributed by atoms with Crippen molar-refractivity contribution < 1.29 is 16.8 Å². The lowest BCUT2D eigenvalue weighted by Crippen LogP contribution is -2.29. The zero-order valence-corrected chi connectivity index (χ0v) is 9.47. The molecule has 1 aromatic carbocycles. The number of hydrogen-bond donors (Lipinski definition) is 2. The zero-order chi connectivity index (χ0) is 11.7. The van der Waals surface area contributed by atoms with Crippen molar-refractivity contribution in [3.8, 4) is 0 Å². The molecule has 0 bridgehead atoms. The molecule has 0 saturated heterocycles. The summed E-state index contributed by atoms with van der Waals surface area (Å²) in [4.78, 5) is -0.254. The molecule has 1 aromatic rings. The SMILES string of the molecule is CS(=O)(=O)NS(=O)(=O)c1ccccc1N. The van der Waals surface area contributed by atoms with Crippen LogP contribution >= 0.6 is 0 Å². The second kappa shape index (κ2) is 3.80. The molecule has 84 valence electrons. The van der Waals surface area contributed by atoms with Crippen LogP contribution in [-0.2, 0) is 20.0 Å². The summed E-state index contributed by atoms with van der Waals surface area (Å²) in [6, 6.07) is 5.60. The van der Waals surface area contributed by atoms with Crippen LogP contribution in [0.2, 0.25) is 0 Å². The molecule has 0 radical (unpaired) electrons. The van der Waals surface area contributed by atoms with Crippen molar-refractivity contribution in [1.82, 2.24) is 4.13 Å². The molecule has 0 atom stereocenters. The van der Waals surface area contributed by atoms with Gasteiger partial charge in [-0.1, -0.05) is 12.1 Å². The first-order valence-electron chi connectivity index (χ1n) is 3.80. The van der Waals surface area contributed by atoms with Crippen LogP contribution in [0.5, 0.6) is 0 Å². The maximum Gasteiger partial charge on any atom is 0.255 e. The molecule has 0 fully saturated rings. The maximum atomic E-state index is 11.5. The topological polar surface area (TPSA) is 106 Å². The minimum Gasteiger partial charge on any atom is -0.398 e. The molecule has 0 unspecified atom stereocenters. The first kappa shape index (κ1) is 12.0. The fraction of sp³-hybridized carbons (Fsp3) is 0.143. The molecule has 1 rings (SSSR count). The molecule has 0 aromatic heterocycles. The van der Waals surface area contributed by atoms with E-state index in [1.54, 1.807) is 6.07 Å². The quantitative estimate of drug-likeness (QED) is 0.704. The van der Waals surface area contributed by atoms with E-state index in [1.807, 2.05) is 0 Å². The van der Waals surface area contributed by atoms with Crippen LogP contribution in [0.3, 0.4) is 0 Å². The van der Waals surface area contributed by atoms with Crippen molar-refractivity contribution in [3.05, 3.63) is 24.3 Å². The van der Waals surface area contributed by atoms with Gasteiger partial charge in [-0.15, -0.1) is 4.13 Å². The lowest BCUT2D eigenvalue weighted by molar-refractivity contribution is 0.580. The van der Waals surface area contributed by atoms with Crippen molar-refractivity contribution in [3.63, 3.8) is 0 Å². The van der Waals surface area contributed by atoms with E-state index in [1.165, 1.54) is 22.3 Å². The third-order valence-electron chi connectivity index (χ3n) is 1.47. The number of benzene rings is 1. The minimum atomic E-state index is -4.11. The molecule has 15 heavy (non-hydrogen) atoms. The number of nitrogen functional groups attached to an aromatic ring is 1. The van der Waals surface area contributed by atoms with Gasteiger partial charge < -0.3 is 5.73 Å². The molecule has 0 amide bonds. The highest BCUT2D eigenvalue weighted by Gasteiger charge is 2.21. The predicted octanol–water partition coefficient (Wildman–Crippen LogP) is -0.493. The van der Waals surface area contributed by atoms with E-state index >= 15 is 0 Å². The number of anilines is 1. The van der Waals surface area contributed by atoms with Crippen molar-refractivity contribution in [2.45, 2.75) is 4.90 Å². The Hall–Kier alpha value is -1.12. The molecular formula is C7H10N2O4S2. The van der Waals surface area contributed by atoms with E-state index in [2.05, 4.69) is 0 Å². The molecule has 0 saturated carbocycles. The van der Waals surface area contributed by atoms with E-state index in [0.717, 1.165) is 6.26 Å². The predicted molar refractivity (Wildman–Crippen MR) is 56.0 cm³/mol. The second-order valence-electron chi connectivity index (χ2n) is 2.90. The van der Waals surface area contributed by atoms with Crippen LogP contribution in [0, 0.1) is 0 Å². The van der Waals surface area contributed by atoms with Crippen molar-refractivity contribution in [2.24, 2.45) is 0 Å². The zero-order valence-electron chi connectivity index (χ0n) is 7.84. The van der Waals surface area contributed by atoms with Crippen LogP contribution in [0.15, 0.2) is 29.2 Å². The fourth-order valence-electron chi connectivity index (χ4n) is 0.969. The number of nitrogens with one attached hydrogen (secondary N) is 1. The van der Waals surface area contributed by atoms with E-state index in [9.17, 15) is 16.8 Å². The normalized spacial score (nSPS) is 12.6. The molecule has 6 nitrogen and oxygen atoms in total.